The summed E-state index contributed by atoms with van der Waals surface area (Å²) >= 11 is 6.02. The summed E-state index contributed by atoms with van der Waals surface area (Å²) < 4.78 is 1.71. The van der Waals surface area contributed by atoms with E-state index in [9.17, 15) is 0 Å². The van der Waals surface area contributed by atoms with Crippen LogP contribution in [-0.4, -0.2) is 14.8 Å². The van der Waals surface area contributed by atoms with Gasteiger partial charge in [0.1, 0.15) is 0 Å². The van der Waals surface area contributed by atoms with E-state index in [1.807, 2.05) is 19.1 Å². The Labute approximate surface area is 110 Å². The first-order chi connectivity index (χ1) is 8.65. The van der Waals surface area contributed by atoms with E-state index in [0.29, 0.717) is 5.02 Å². The second kappa shape index (κ2) is 4.10. The Morgan fingerprint density at radius 3 is 2.67 bits per heavy atom. The highest BCUT2D eigenvalue weighted by molar-refractivity contribution is 6.31. The lowest BCUT2D eigenvalue weighted by Crippen LogP contribution is -1.99. The summed E-state index contributed by atoms with van der Waals surface area (Å²) in [5.74, 6) is 0.784. The van der Waals surface area contributed by atoms with Gasteiger partial charge in [-0.3, -0.25) is 0 Å². The minimum atomic E-state index is 0.654. The van der Waals surface area contributed by atoms with Gasteiger partial charge < -0.3 is 0 Å². The van der Waals surface area contributed by atoms with E-state index in [4.69, 9.17) is 11.6 Å². The van der Waals surface area contributed by atoms with Crippen molar-refractivity contribution in [3.05, 3.63) is 52.8 Å². The summed E-state index contributed by atoms with van der Waals surface area (Å²) in [5, 5.41) is 6.13. The van der Waals surface area contributed by atoms with Gasteiger partial charge in [0.2, 0.25) is 0 Å². The fraction of sp³-hybridized carbons (Fsp3) is 0.143. The minimum Gasteiger partial charge on any atom is -0.228 e. The first-order valence-electron chi connectivity index (χ1n) is 5.73. The van der Waals surface area contributed by atoms with Crippen molar-refractivity contribution in [2.24, 2.45) is 0 Å². The molecule has 0 spiro atoms. The van der Waals surface area contributed by atoms with Gasteiger partial charge in [0.05, 0.1) is 22.4 Å². The van der Waals surface area contributed by atoms with Gasteiger partial charge in [0.25, 0.3) is 0 Å². The number of fused-ring (bicyclic) bond motifs is 1. The average molecular weight is 258 g/mol. The molecule has 0 aliphatic heterocycles. The van der Waals surface area contributed by atoms with Gasteiger partial charge in [-0.2, -0.15) is 5.10 Å². The third-order valence-corrected chi connectivity index (χ3v) is 3.35. The molecule has 0 bridgehead atoms. The number of hydrogen-bond acceptors (Lipinski definition) is 2. The van der Waals surface area contributed by atoms with Gasteiger partial charge in [-0.1, -0.05) is 29.8 Å². The molecule has 0 radical (unpaired) electrons. The first kappa shape index (κ1) is 11.2. The first-order valence-corrected chi connectivity index (χ1v) is 6.11. The zero-order valence-electron chi connectivity index (χ0n) is 10.2. The Morgan fingerprint density at radius 2 is 1.94 bits per heavy atom. The smallest absolute Gasteiger partial charge is 0.154 e. The molecule has 0 atom stereocenters. The molecule has 0 N–H and O–H groups in total. The van der Waals surface area contributed by atoms with Gasteiger partial charge in [-0.05, 0) is 31.5 Å². The molecular weight excluding hydrogens is 246 g/mol. The zero-order valence-corrected chi connectivity index (χ0v) is 10.9. The van der Waals surface area contributed by atoms with Crippen LogP contribution in [0.5, 0.6) is 0 Å². The molecule has 3 aromatic rings. The number of rotatable bonds is 1. The van der Waals surface area contributed by atoms with Gasteiger partial charge in [0, 0.05) is 5.39 Å². The van der Waals surface area contributed by atoms with Crippen LogP contribution < -0.4 is 0 Å². The lowest BCUT2D eigenvalue weighted by Gasteiger charge is -2.04. The second-order valence-electron chi connectivity index (χ2n) is 4.32. The van der Waals surface area contributed by atoms with Crippen molar-refractivity contribution in [2.75, 3.05) is 0 Å². The largest absolute Gasteiger partial charge is 0.228 e. The second-order valence-corrected chi connectivity index (χ2v) is 4.73. The Bertz CT molecular complexity index is 711. The van der Waals surface area contributed by atoms with Crippen molar-refractivity contribution in [2.45, 2.75) is 13.8 Å². The molecule has 2 aromatic heterocycles. The van der Waals surface area contributed by atoms with Crippen LogP contribution >= 0.6 is 11.6 Å². The molecule has 18 heavy (non-hydrogen) atoms. The number of aromatic nitrogens is 3. The van der Waals surface area contributed by atoms with Gasteiger partial charge in [-0.15, -0.1) is 0 Å². The van der Waals surface area contributed by atoms with Crippen LogP contribution in [0.2, 0.25) is 5.02 Å². The molecule has 3 nitrogen and oxygen atoms in total. The summed E-state index contributed by atoms with van der Waals surface area (Å²) in [6.45, 7) is 3.94. The molecule has 0 amide bonds. The van der Waals surface area contributed by atoms with Gasteiger partial charge in [0.15, 0.2) is 5.82 Å². The van der Waals surface area contributed by atoms with E-state index in [1.165, 1.54) is 0 Å². The topological polar surface area (TPSA) is 30.7 Å². The summed E-state index contributed by atoms with van der Waals surface area (Å²) in [4.78, 5) is 4.64. The van der Waals surface area contributed by atoms with Crippen LogP contribution in [0.25, 0.3) is 16.7 Å². The molecule has 0 aliphatic carbocycles. The van der Waals surface area contributed by atoms with Crippen LogP contribution in [0.1, 0.15) is 11.3 Å². The minimum absolute atomic E-state index is 0.654. The normalized spacial score (nSPS) is 11.1. The Kier molecular flexibility index (Phi) is 2.56. The Balaban J connectivity index is 2.21. The van der Waals surface area contributed by atoms with Crippen LogP contribution in [0, 0.1) is 13.8 Å². The Hall–Kier alpha value is -1.87. The highest BCUT2D eigenvalue weighted by Crippen LogP contribution is 2.20. The lowest BCUT2D eigenvalue weighted by atomic mass is 10.1. The highest BCUT2D eigenvalue weighted by Gasteiger charge is 2.06. The number of para-hydroxylation sites is 1. The fourth-order valence-corrected chi connectivity index (χ4v) is 2.10. The SMILES string of the molecule is Cc1nn(-c2ccc3cccc(C)c3n2)cc1Cl. The molecule has 4 heteroatoms. The molecule has 3 rings (SSSR count). The van der Waals surface area contributed by atoms with Crippen molar-refractivity contribution in [1.29, 1.82) is 0 Å². The highest BCUT2D eigenvalue weighted by atomic mass is 35.5. The van der Waals surface area contributed by atoms with Crippen LogP contribution in [0.4, 0.5) is 0 Å². The fourth-order valence-electron chi connectivity index (χ4n) is 1.97. The molecule has 1 aromatic carbocycles. The summed E-state index contributed by atoms with van der Waals surface area (Å²) in [6, 6.07) is 10.1. The van der Waals surface area contributed by atoms with E-state index in [0.717, 1.165) is 28.0 Å². The molecular formula is C14H12ClN3. The maximum Gasteiger partial charge on any atom is 0.154 e. The molecule has 0 saturated carbocycles. The average Bonchev–Trinajstić information content (AvgIpc) is 2.70. The number of benzene rings is 1. The third-order valence-electron chi connectivity index (χ3n) is 2.98. The number of aryl methyl sites for hydroxylation is 2. The predicted molar refractivity (Wildman–Crippen MR) is 73.3 cm³/mol. The van der Waals surface area contributed by atoms with Crippen LogP contribution in [-0.2, 0) is 0 Å². The predicted octanol–water partition coefficient (Wildman–Crippen LogP) is 3.69. The van der Waals surface area contributed by atoms with Crippen molar-refractivity contribution in [1.82, 2.24) is 14.8 Å². The van der Waals surface area contributed by atoms with E-state index in [2.05, 4.69) is 35.2 Å². The third kappa shape index (κ3) is 1.77. The lowest BCUT2D eigenvalue weighted by molar-refractivity contribution is 0.837. The van der Waals surface area contributed by atoms with E-state index in [1.54, 1.807) is 10.9 Å². The standard InChI is InChI=1S/C14H12ClN3/c1-9-4-3-5-11-6-7-13(16-14(9)11)18-8-12(15)10(2)17-18/h3-8H,1-2H3. The van der Waals surface area contributed by atoms with Crippen LogP contribution in [0.3, 0.4) is 0 Å². The molecule has 0 aliphatic rings. The maximum absolute atomic E-state index is 6.02. The van der Waals surface area contributed by atoms with E-state index < -0.39 is 0 Å². The molecule has 2 heterocycles. The molecule has 0 fully saturated rings. The van der Waals surface area contributed by atoms with E-state index >= 15 is 0 Å². The van der Waals surface area contributed by atoms with Crippen molar-refractivity contribution in [3.63, 3.8) is 0 Å². The quantitative estimate of drug-likeness (QED) is 0.666. The number of halogens is 1. The number of hydrogen-bond donors (Lipinski definition) is 0. The molecule has 0 unspecified atom stereocenters. The van der Waals surface area contributed by atoms with E-state index in [-0.39, 0.29) is 0 Å². The summed E-state index contributed by atoms with van der Waals surface area (Å²) in [7, 11) is 0. The molecule has 0 saturated heterocycles. The monoisotopic (exact) mass is 257 g/mol. The van der Waals surface area contributed by atoms with Crippen molar-refractivity contribution >= 4 is 22.5 Å². The summed E-state index contributed by atoms with van der Waals surface area (Å²) in [6.07, 6.45) is 1.78. The summed E-state index contributed by atoms with van der Waals surface area (Å²) in [5.41, 5.74) is 2.96. The number of pyridine rings is 1. The number of nitrogens with zero attached hydrogens (tertiary/aromatic N) is 3. The van der Waals surface area contributed by atoms with Gasteiger partial charge >= 0.3 is 0 Å². The Morgan fingerprint density at radius 1 is 1.11 bits per heavy atom. The zero-order chi connectivity index (χ0) is 12.7. The maximum atomic E-state index is 6.02. The molecule has 90 valence electrons. The van der Waals surface area contributed by atoms with Crippen LogP contribution in [0.15, 0.2) is 36.5 Å². The van der Waals surface area contributed by atoms with Gasteiger partial charge in [-0.25, -0.2) is 9.67 Å². The van der Waals surface area contributed by atoms with Crippen molar-refractivity contribution < 1.29 is 0 Å². The van der Waals surface area contributed by atoms with Crippen molar-refractivity contribution in [3.8, 4) is 5.82 Å².